The van der Waals surface area contributed by atoms with E-state index >= 15 is 0 Å². The molecule has 1 atom stereocenters. The molecule has 0 aliphatic heterocycles. The van der Waals surface area contributed by atoms with Gasteiger partial charge in [-0.1, -0.05) is 37.3 Å². The van der Waals surface area contributed by atoms with E-state index in [9.17, 15) is 0 Å². The van der Waals surface area contributed by atoms with E-state index in [4.69, 9.17) is 4.74 Å². The standard InChI is InChI=1S/C16H27NO/c1-5-12-17-15(16(3,4)18-6-2)13-14-10-8-7-9-11-14/h7-11,15,17H,5-6,12-13H2,1-4H3. The molecule has 0 saturated heterocycles. The number of nitrogens with one attached hydrogen (secondary N) is 1. The fourth-order valence-corrected chi connectivity index (χ4v) is 2.20. The van der Waals surface area contributed by atoms with Crippen LogP contribution in [0.1, 0.15) is 39.7 Å². The molecule has 1 aromatic rings. The predicted octanol–water partition coefficient (Wildman–Crippen LogP) is 3.41. The number of hydrogen-bond donors (Lipinski definition) is 1. The lowest BCUT2D eigenvalue weighted by molar-refractivity contribution is -0.0379. The van der Waals surface area contributed by atoms with E-state index in [0.29, 0.717) is 6.04 Å². The van der Waals surface area contributed by atoms with Crippen LogP contribution in [-0.2, 0) is 11.2 Å². The lowest BCUT2D eigenvalue weighted by Crippen LogP contribution is -2.50. The maximum absolute atomic E-state index is 5.90. The summed E-state index contributed by atoms with van der Waals surface area (Å²) in [4.78, 5) is 0. The maximum atomic E-state index is 5.90. The van der Waals surface area contributed by atoms with Gasteiger partial charge in [0.25, 0.3) is 0 Å². The van der Waals surface area contributed by atoms with Gasteiger partial charge in [0.2, 0.25) is 0 Å². The first kappa shape index (κ1) is 15.2. The van der Waals surface area contributed by atoms with Crippen molar-refractivity contribution in [3.63, 3.8) is 0 Å². The van der Waals surface area contributed by atoms with E-state index < -0.39 is 0 Å². The molecule has 2 nitrogen and oxygen atoms in total. The molecule has 0 fully saturated rings. The number of ether oxygens (including phenoxy) is 1. The molecule has 2 heteroatoms. The minimum Gasteiger partial charge on any atom is -0.374 e. The molecule has 0 spiro atoms. The zero-order chi connectivity index (χ0) is 13.4. The molecule has 1 aromatic carbocycles. The fourth-order valence-electron chi connectivity index (χ4n) is 2.20. The molecule has 0 amide bonds. The Balaban J connectivity index is 2.71. The molecule has 0 bridgehead atoms. The van der Waals surface area contributed by atoms with Gasteiger partial charge >= 0.3 is 0 Å². The Bertz CT molecular complexity index is 321. The van der Waals surface area contributed by atoms with E-state index in [0.717, 1.165) is 26.0 Å². The zero-order valence-electron chi connectivity index (χ0n) is 12.2. The monoisotopic (exact) mass is 249 g/mol. The largest absolute Gasteiger partial charge is 0.374 e. The Morgan fingerprint density at radius 1 is 1.17 bits per heavy atom. The Kier molecular flexibility index (Phi) is 6.37. The highest BCUT2D eigenvalue weighted by atomic mass is 16.5. The van der Waals surface area contributed by atoms with Crippen LogP contribution >= 0.6 is 0 Å². The first-order valence-corrected chi connectivity index (χ1v) is 7.01. The van der Waals surface area contributed by atoms with Gasteiger partial charge < -0.3 is 10.1 Å². The molecule has 18 heavy (non-hydrogen) atoms. The van der Waals surface area contributed by atoms with Gasteiger partial charge in [-0.25, -0.2) is 0 Å². The minimum absolute atomic E-state index is 0.139. The van der Waals surface area contributed by atoms with Gasteiger partial charge in [-0.2, -0.15) is 0 Å². The van der Waals surface area contributed by atoms with Gasteiger partial charge in [0, 0.05) is 12.6 Å². The van der Waals surface area contributed by atoms with Crippen molar-refractivity contribution in [3.8, 4) is 0 Å². The quantitative estimate of drug-likeness (QED) is 0.762. The van der Waals surface area contributed by atoms with Gasteiger partial charge in [-0.05, 0) is 45.7 Å². The summed E-state index contributed by atoms with van der Waals surface area (Å²) in [5.41, 5.74) is 1.22. The predicted molar refractivity (Wildman–Crippen MR) is 77.9 cm³/mol. The first-order chi connectivity index (χ1) is 8.60. The van der Waals surface area contributed by atoms with E-state index in [1.165, 1.54) is 5.56 Å². The molecule has 0 heterocycles. The molecule has 1 rings (SSSR count). The summed E-state index contributed by atoms with van der Waals surface area (Å²) in [5, 5.41) is 3.62. The summed E-state index contributed by atoms with van der Waals surface area (Å²) in [6.45, 7) is 10.4. The van der Waals surface area contributed by atoms with E-state index in [2.05, 4.69) is 63.3 Å². The molecule has 102 valence electrons. The molecule has 0 aliphatic rings. The van der Waals surface area contributed by atoms with Crippen molar-refractivity contribution in [3.05, 3.63) is 35.9 Å². The summed E-state index contributed by atoms with van der Waals surface area (Å²) < 4.78 is 5.90. The third-order valence-electron chi connectivity index (χ3n) is 3.28. The Morgan fingerprint density at radius 2 is 1.83 bits per heavy atom. The van der Waals surface area contributed by atoms with E-state index in [-0.39, 0.29) is 5.60 Å². The van der Waals surface area contributed by atoms with Crippen LogP contribution in [0.15, 0.2) is 30.3 Å². The first-order valence-electron chi connectivity index (χ1n) is 7.01. The molecule has 1 unspecified atom stereocenters. The number of rotatable bonds is 8. The second kappa shape index (κ2) is 7.55. The SMILES string of the molecule is CCCNC(Cc1ccccc1)C(C)(C)OCC. The highest BCUT2D eigenvalue weighted by Gasteiger charge is 2.29. The average molecular weight is 249 g/mol. The van der Waals surface area contributed by atoms with Crippen LogP contribution in [0.25, 0.3) is 0 Å². The Morgan fingerprint density at radius 3 is 2.39 bits per heavy atom. The summed E-state index contributed by atoms with van der Waals surface area (Å²) in [7, 11) is 0. The zero-order valence-corrected chi connectivity index (χ0v) is 12.2. The van der Waals surface area contributed by atoms with Crippen LogP contribution in [-0.4, -0.2) is 24.8 Å². The molecule has 0 aliphatic carbocycles. The maximum Gasteiger partial charge on any atom is 0.0781 e. The van der Waals surface area contributed by atoms with Gasteiger partial charge in [-0.15, -0.1) is 0 Å². The third-order valence-corrected chi connectivity index (χ3v) is 3.28. The average Bonchev–Trinajstić information content (AvgIpc) is 2.35. The topological polar surface area (TPSA) is 21.3 Å². The van der Waals surface area contributed by atoms with Crippen molar-refractivity contribution in [1.29, 1.82) is 0 Å². The smallest absolute Gasteiger partial charge is 0.0781 e. The van der Waals surface area contributed by atoms with Crippen LogP contribution in [0.4, 0.5) is 0 Å². The second-order valence-corrected chi connectivity index (χ2v) is 5.23. The van der Waals surface area contributed by atoms with Gasteiger partial charge in [0.05, 0.1) is 5.60 Å². The summed E-state index contributed by atoms with van der Waals surface area (Å²) in [6.07, 6.45) is 2.15. The molecule has 1 N–H and O–H groups in total. The van der Waals surface area contributed by atoms with Gasteiger partial charge in [0.15, 0.2) is 0 Å². The van der Waals surface area contributed by atoms with Gasteiger partial charge in [0.1, 0.15) is 0 Å². The van der Waals surface area contributed by atoms with Crippen LogP contribution in [0.5, 0.6) is 0 Å². The Hall–Kier alpha value is -0.860. The normalized spacial score (nSPS) is 13.6. The molecule has 0 radical (unpaired) electrons. The highest BCUT2D eigenvalue weighted by Crippen LogP contribution is 2.19. The van der Waals surface area contributed by atoms with Crippen LogP contribution < -0.4 is 5.32 Å². The van der Waals surface area contributed by atoms with Crippen LogP contribution in [0.3, 0.4) is 0 Å². The molecular weight excluding hydrogens is 222 g/mol. The molecular formula is C16H27NO. The van der Waals surface area contributed by atoms with Crippen molar-refractivity contribution in [2.75, 3.05) is 13.2 Å². The summed E-state index contributed by atoms with van der Waals surface area (Å²) in [6, 6.07) is 11.0. The summed E-state index contributed by atoms with van der Waals surface area (Å²) >= 11 is 0. The van der Waals surface area contributed by atoms with Crippen LogP contribution in [0, 0.1) is 0 Å². The number of hydrogen-bond acceptors (Lipinski definition) is 2. The molecule has 0 aromatic heterocycles. The Labute approximate surface area is 112 Å². The number of benzene rings is 1. The second-order valence-electron chi connectivity index (χ2n) is 5.23. The van der Waals surface area contributed by atoms with E-state index in [1.54, 1.807) is 0 Å². The third kappa shape index (κ3) is 4.79. The van der Waals surface area contributed by atoms with Crippen LogP contribution in [0.2, 0.25) is 0 Å². The highest BCUT2D eigenvalue weighted by molar-refractivity contribution is 5.17. The fraction of sp³-hybridized carbons (Fsp3) is 0.625. The van der Waals surface area contributed by atoms with Crippen molar-refractivity contribution in [2.24, 2.45) is 0 Å². The lowest BCUT2D eigenvalue weighted by Gasteiger charge is -2.35. The van der Waals surface area contributed by atoms with Crippen molar-refractivity contribution < 1.29 is 4.74 Å². The molecule has 0 saturated carbocycles. The minimum atomic E-state index is -0.139. The van der Waals surface area contributed by atoms with Crippen molar-refractivity contribution in [1.82, 2.24) is 5.32 Å². The summed E-state index contributed by atoms with van der Waals surface area (Å²) in [5.74, 6) is 0. The van der Waals surface area contributed by atoms with Gasteiger partial charge in [-0.3, -0.25) is 0 Å². The lowest BCUT2D eigenvalue weighted by atomic mass is 9.92. The van der Waals surface area contributed by atoms with Crippen molar-refractivity contribution >= 4 is 0 Å². The van der Waals surface area contributed by atoms with Crippen molar-refractivity contribution in [2.45, 2.75) is 52.2 Å². The van der Waals surface area contributed by atoms with E-state index in [1.807, 2.05) is 0 Å².